The molecule has 0 aliphatic carbocycles. The fourth-order valence-corrected chi connectivity index (χ4v) is 2.11. The lowest BCUT2D eigenvalue weighted by Crippen LogP contribution is -2.39. The van der Waals surface area contributed by atoms with Gasteiger partial charge in [0.1, 0.15) is 0 Å². The summed E-state index contributed by atoms with van der Waals surface area (Å²) in [6.45, 7) is 5.71. The molecular formula is C13H18INO2. The van der Waals surface area contributed by atoms with Crippen molar-refractivity contribution in [3.63, 3.8) is 0 Å². The maximum atomic E-state index is 12.1. The Kier molecular flexibility index (Phi) is 4.55. The van der Waals surface area contributed by atoms with Crippen molar-refractivity contribution in [1.82, 2.24) is 4.90 Å². The zero-order valence-electron chi connectivity index (χ0n) is 10.6. The maximum Gasteiger partial charge on any atom is 0.253 e. The molecule has 1 N–H and O–H groups in total. The van der Waals surface area contributed by atoms with Gasteiger partial charge in [-0.05, 0) is 61.1 Å². The molecule has 0 saturated heterocycles. The van der Waals surface area contributed by atoms with Crippen molar-refractivity contribution in [1.29, 1.82) is 0 Å². The number of nitrogens with zero attached hydrogens (tertiary/aromatic N) is 1. The van der Waals surface area contributed by atoms with Gasteiger partial charge in [-0.2, -0.15) is 0 Å². The van der Waals surface area contributed by atoms with Crippen LogP contribution < -0.4 is 0 Å². The van der Waals surface area contributed by atoms with Crippen LogP contribution in [0.2, 0.25) is 0 Å². The Bertz CT molecular complexity index is 424. The van der Waals surface area contributed by atoms with Crippen molar-refractivity contribution in [3.05, 3.63) is 32.9 Å². The third-order valence-corrected chi connectivity index (χ3v) is 3.55. The molecule has 0 bridgehead atoms. The first-order chi connectivity index (χ1) is 7.70. The van der Waals surface area contributed by atoms with Crippen LogP contribution in [0.25, 0.3) is 0 Å². The molecule has 0 heterocycles. The Morgan fingerprint density at radius 3 is 2.53 bits per heavy atom. The van der Waals surface area contributed by atoms with Gasteiger partial charge >= 0.3 is 0 Å². The zero-order valence-corrected chi connectivity index (χ0v) is 12.8. The minimum Gasteiger partial charge on any atom is -0.389 e. The van der Waals surface area contributed by atoms with Gasteiger partial charge in [-0.15, -0.1) is 0 Å². The molecule has 0 aliphatic rings. The van der Waals surface area contributed by atoms with Crippen molar-refractivity contribution >= 4 is 28.5 Å². The van der Waals surface area contributed by atoms with Crippen LogP contribution in [0.1, 0.15) is 29.8 Å². The van der Waals surface area contributed by atoms with Gasteiger partial charge in [0.15, 0.2) is 0 Å². The van der Waals surface area contributed by atoms with E-state index in [-0.39, 0.29) is 5.91 Å². The number of amides is 1. The number of carbonyl (C=O) groups is 1. The average Bonchev–Trinajstić information content (AvgIpc) is 2.18. The Morgan fingerprint density at radius 2 is 2.06 bits per heavy atom. The van der Waals surface area contributed by atoms with Crippen LogP contribution in [0.15, 0.2) is 18.2 Å². The summed E-state index contributed by atoms with van der Waals surface area (Å²) in [5, 5.41) is 9.69. The number of hydrogen-bond acceptors (Lipinski definition) is 2. The number of carbonyl (C=O) groups excluding carboxylic acids is 1. The fourth-order valence-electron chi connectivity index (χ4n) is 1.60. The van der Waals surface area contributed by atoms with Crippen LogP contribution in [0.5, 0.6) is 0 Å². The van der Waals surface area contributed by atoms with Gasteiger partial charge in [0.25, 0.3) is 5.91 Å². The van der Waals surface area contributed by atoms with Crippen molar-refractivity contribution in [2.45, 2.75) is 26.4 Å². The van der Waals surface area contributed by atoms with Crippen LogP contribution in [0, 0.1) is 10.5 Å². The summed E-state index contributed by atoms with van der Waals surface area (Å²) in [5.41, 5.74) is 0.946. The SMILES string of the molecule is Cc1ccc(C(=O)N(C)CC(C)(C)O)cc1I. The highest BCUT2D eigenvalue weighted by Gasteiger charge is 2.20. The molecule has 0 fully saturated rings. The molecule has 17 heavy (non-hydrogen) atoms. The summed E-state index contributed by atoms with van der Waals surface area (Å²) in [6, 6.07) is 5.63. The lowest BCUT2D eigenvalue weighted by molar-refractivity contribution is 0.0368. The second kappa shape index (κ2) is 5.35. The van der Waals surface area contributed by atoms with E-state index in [2.05, 4.69) is 22.6 Å². The summed E-state index contributed by atoms with van der Waals surface area (Å²) < 4.78 is 1.07. The van der Waals surface area contributed by atoms with Gasteiger partial charge in [-0.1, -0.05) is 6.07 Å². The molecule has 4 heteroatoms. The van der Waals surface area contributed by atoms with Gasteiger partial charge in [0.05, 0.1) is 5.60 Å². The molecular weight excluding hydrogens is 329 g/mol. The summed E-state index contributed by atoms with van der Waals surface area (Å²) in [5.74, 6) is -0.0648. The second-order valence-electron chi connectivity index (χ2n) is 4.94. The fraction of sp³-hybridized carbons (Fsp3) is 0.462. The molecule has 0 aromatic heterocycles. The lowest BCUT2D eigenvalue weighted by atomic mass is 10.1. The number of hydrogen-bond donors (Lipinski definition) is 1. The molecule has 0 radical (unpaired) electrons. The first-order valence-corrected chi connectivity index (χ1v) is 6.52. The topological polar surface area (TPSA) is 40.5 Å². The lowest BCUT2D eigenvalue weighted by Gasteiger charge is -2.25. The van der Waals surface area contributed by atoms with Crippen LogP contribution in [-0.4, -0.2) is 35.1 Å². The summed E-state index contributed by atoms with van der Waals surface area (Å²) >= 11 is 2.21. The highest BCUT2D eigenvalue weighted by molar-refractivity contribution is 14.1. The molecule has 0 saturated carbocycles. The van der Waals surface area contributed by atoms with Gasteiger partial charge in [-0.25, -0.2) is 0 Å². The highest BCUT2D eigenvalue weighted by Crippen LogP contribution is 2.15. The summed E-state index contributed by atoms with van der Waals surface area (Å²) in [7, 11) is 1.70. The van der Waals surface area contributed by atoms with E-state index in [1.54, 1.807) is 25.8 Å². The number of halogens is 1. The second-order valence-corrected chi connectivity index (χ2v) is 6.10. The number of likely N-dealkylation sites (N-methyl/N-ethyl adjacent to an activating group) is 1. The smallest absolute Gasteiger partial charge is 0.253 e. The van der Waals surface area contributed by atoms with E-state index in [1.807, 2.05) is 25.1 Å². The quantitative estimate of drug-likeness (QED) is 0.854. The molecule has 1 aromatic carbocycles. The Labute approximate surface area is 116 Å². The van der Waals surface area contributed by atoms with E-state index in [4.69, 9.17) is 0 Å². The third-order valence-electron chi connectivity index (χ3n) is 2.39. The number of benzene rings is 1. The Balaban J connectivity index is 2.85. The first kappa shape index (κ1) is 14.4. The number of rotatable bonds is 3. The van der Waals surface area contributed by atoms with Crippen molar-refractivity contribution < 1.29 is 9.90 Å². The third kappa shape index (κ3) is 4.27. The largest absolute Gasteiger partial charge is 0.389 e. The van der Waals surface area contributed by atoms with E-state index in [0.717, 1.165) is 9.13 Å². The van der Waals surface area contributed by atoms with E-state index in [1.165, 1.54) is 0 Å². The zero-order chi connectivity index (χ0) is 13.2. The molecule has 1 aromatic rings. The summed E-state index contributed by atoms with van der Waals surface area (Å²) in [6.07, 6.45) is 0. The Morgan fingerprint density at radius 1 is 1.47 bits per heavy atom. The van der Waals surface area contributed by atoms with Crippen molar-refractivity contribution in [3.8, 4) is 0 Å². The molecule has 0 atom stereocenters. The van der Waals surface area contributed by atoms with E-state index in [9.17, 15) is 9.90 Å². The molecule has 94 valence electrons. The first-order valence-electron chi connectivity index (χ1n) is 5.45. The predicted molar refractivity (Wildman–Crippen MR) is 77.2 cm³/mol. The number of aryl methyl sites for hydroxylation is 1. The molecule has 3 nitrogen and oxygen atoms in total. The monoisotopic (exact) mass is 347 g/mol. The van der Waals surface area contributed by atoms with Crippen molar-refractivity contribution in [2.75, 3.05) is 13.6 Å². The molecule has 0 spiro atoms. The van der Waals surface area contributed by atoms with Crippen LogP contribution in [-0.2, 0) is 0 Å². The van der Waals surface area contributed by atoms with Gasteiger partial charge in [0, 0.05) is 22.7 Å². The van der Waals surface area contributed by atoms with E-state index in [0.29, 0.717) is 12.1 Å². The highest BCUT2D eigenvalue weighted by atomic mass is 127. The Hall–Kier alpha value is -0.620. The van der Waals surface area contributed by atoms with Gasteiger partial charge in [0.2, 0.25) is 0 Å². The molecule has 1 rings (SSSR count). The van der Waals surface area contributed by atoms with Crippen LogP contribution in [0.3, 0.4) is 0 Å². The standard InChI is InChI=1S/C13H18INO2/c1-9-5-6-10(7-11(9)14)12(16)15(4)8-13(2,3)17/h5-7,17H,8H2,1-4H3. The molecule has 0 aliphatic heterocycles. The van der Waals surface area contributed by atoms with Crippen LogP contribution in [0.4, 0.5) is 0 Å². The van der Waals surface area contributed by atoms with Gasteiger partial charge in [-0.3, -0.25) is 4.79 Å². The molecule has 0 unspecified atom stereocenters. The van der Waals surface area contributed by atoms with Gasteiger partial charge < -0.3 is 10.0 Å². The van der Waals surface area contributed by atoms with Crippen LogP contribution >= 0.6 is 22.6 Å². The van der Waals surface area contributed by atoms with E-state index >= 15 is 0 Å². The average molecular weight is 347 g/mol. The number of aliphatic hydroxyl groups is 1. The molecule has 1 amide bonds. The maximum absolute atomic E-state index is 12.1. The summed E-state index contributed by atoms with van der Waals surface area (Å²) in [4.78, 5) is 13.6. The normalized spacial score (nSPS) is 11.4. The van der Waals surface area contributed by atoms with E-state index < -0.39 is 5.60 Å². The minimum atomic E-state index is -0.873. The van der Waals surface area contributed by atoms with Crippen molar-refractivity contribution in [2.24, 2.45) is 0 Å². The predicted octanol–water partition coefficient (Wildman–Crippen LogP) is 2.44. The minimum absolute atomic E-state index is 0.0648.